The first-order chi connectivity index (χ1) is 10.6. The quantitative estimate of drug-likeness (QED) is 0.686. The van der Waals surface area contributed by atoms with Crippen LogP contribution in [0.4, 0.5) is 5.82 Å². The summed E-state index contributed by atoms with van der Waals surface area (Å²) < 4.78 is 25.8. The average molecular weight is 311 g/mol. The molecule has 0 fully saturated rings. The smallest absolute Gasteiger partial charge is 0.267 e. The zero-order chi connectivity index (χ0) is 15.3. The maximum absolute atomic E-state index is 12.6. The number of aromatic nitrogens is 2. The summed E-state index contributed by atoms with van der Waals surface area (Å²) >= 11 is 0. The second-order valence-electron chi connectivity index (χ2n) is 4.79. The second-order valence-corrected chi connectivity index (χ2v) is 6.54. The molecule has 2 aromatic carbocycles. The molecule has 1 aromatic heterocycles. The minimum atomic E-state index is -3.94. The summed E-state index contributed by atoms with van der Waals surface area (Å²) in [4.78, 5) is 20.8. The Bertz CT molecular complexity index is 1030. The van der Waals surface area contributed by atoms with Crippen LogP contribution < -0.4 is 4.31 Å². The van der Waals surface area contributed by atoms with Gasteiger partial charge >= 0.3 is 0 Å². The maximum atomic E-state index is 12.6. The molecule has 1 aliphatic rings. The molecule has 4 rings (SSSR count). The third-order valence-corrected chi connectivity index (χ3v) is 5.21. The predicted octanol–water partition coefficient (Wildman–Crippen LogP) is 1.98. The van der Waals surface area contributed by atoms with Gasteiger partial charge in [0.1, 0.15) is 4.90 Å². The Hall–Kier alpha value is -2.80. The van der Waals surface area contributed by atoms with Gasteiger partial charge in [-0.25, -0.2) is 13.4 Å². The fourth-order valence-corrected chi connectivity index (χ4v) is 3.99. The number of fused-ring (bicyclic) bond motifs is 2. The zero-order valence-electron chi connectivity index (χ0n) is 11.2. The zero-order valence-corrected chi connectivity index (χ0v) is 12.0. The number of benzene rings is 2. The van der Waals surface area contributed by atoms with E-state index < -0.39 is 15.9 Å². The average Bonchev–Trinajstić information content (AvgIpc) is 2.74. The van der Waals surface area contributed by atoms with Gasteiger partial charge in [-0.05, 0) is 24.3 Å². The van der Waals surface area contributed by atoms with Crippen LogP contribution in [0.1, 0.15) is 10.4 Å². The van der Waals surface area contributed by atoms with Gasteiger partial charge in [0.2, 0.25) is 0 Å². The van der Waals surface area contributed by atoms with E-state index >= 15 is 0 Å². The Morgan fingerprint density at radius 3 is 2.36 bits per heavy atom. The van der Waals surface area contributed by atoms with Gasteiger partial charge in [0.15, 0.2) is 5.82 Å². The van der Waals surface area contributed by atoms with E-state index in [9.17, 15) is 13.2 Å². The van der Waals surface area contributed by atoms with Crippen molar-refractivity contribution < 1.29 is 13.2 Å². The van der Waals surface area contributed by atoms with Gasteiger partial charge in [-0.1, -0.05) is 24.3 Å². The molecule has 0 N–H and O–H groups in total. The molecule has 0 bridgehead atoms. The largest absolute Gasteiger partial charge is 0.275 e. The molecule has 2 heterocycles. The first kappa shape index (κ1) is 12.9. The first-order valence-corrected chi connectivity index (χ1v) is 7.93. The van der Waals surface area contributed by atoms with Crippen LogP contribution in [0.2, 0.25) is 0 Å². The highest BCUT2D eigenvalue weighted by Crippen LogP contribution is 2.33. The summed E-state index contributed by atoms with van der Waals surface area (Å²) in [5.74, 6) is -0.611. The highest BCUT2D eigenvalue weighted by molar-refractivity contribution is 7.94. The molecule has 22 heavy (non-hydrogen) atoms. The predicted molar refractivity (Wildman–Crippen MR) is 80.0 cm³/mol. The second kappa shape index (κ2) is 4.35. The van der Waals surface area contributed by atoms with Gasteiger partial charge in [-0.3, -0.25) is 9.78 Å². The van der Waals surface area contributed by atoms with Gasteiger partial charge in [-0.15, -0.1) is 0 Å². The number of carbonyl (C=O) groups is 1. The normalized spacial score (nSPS) is 16.0. The minimum Gasteiger partial charge on any atom is -0.267 e. The Kier molecular flexibility index (Phi) is 2.55. The number of amides is 1. The van der Waals surface area contributed by atoms with Gasteiger partial charge in [0.05, 0.1) is 22.8 Å². The van der Waals surface area contributed by atoms with Gasteiger partial charge < -0.3 is 0 Å². The van der Waals surface area contributed by atoms with Crippen LogP contribution in [0.3, 0.4) is 0 Å². The molecule has 0 radical (unpaired) electrons. The Labute approximate surface area is 126 Å². The van der Waals surface area contributed by atoms with Gasteiger partial charge in [0.25, 0.3) is 15.9 Å². The van der Waals surface area contributed by atoms with Crippen molar-refractivity contribution in [1.29, 1.82) is 0 Å². The topological polar surface area (TPSA) is 80.2 Å². The van der Waals surface area contributed by atoms with E-state index in [-0.39, 0.29) is 16.3 Å². The molecule has 6 nitrogen and oxygen atoms in total. The summed E-state index contributed by atoms with van der Waals surface area (Å²) in [6.45, 7) is 0. The number of hydrogen-bond donors (Lipinski definition) is 0. The van der Waals surface area contributed by atoms with Crippen LogP contribution in [-0.4, -0.2) is 24.3 Å². The molecule has 108 valence electrons. The Balaban J connectivity index is 1.94. The van der Waals surface area contributed by atoms with E-state index in [4.69, 9.17) is 0 Å². The fraction of sp³-hybridized carbons (Fsp3) is 0. The van der Waals surface area contributed by atoms with Crippen molar-refractivity contribution in [3.05, 3.63) is 60.3 Å². The lowest BCUT2D eigenvalue weighted by atomic mass is 10.2. The molecule has 1 amide bonds. The van der Waals surface area contributed by atoms with Crippen molar-refractivity contribution in [3.8, 4) is 0 Å². The molecule has 0 unspecified atom stereocenters. The molecule has 0 spiro atoms. The SMILES string of the molecule is O=C1c2ccccc2S(=O)(=O)N1c1cnc2ccccc2n1. The molecule has 0 saturated heterocycles. The van der Waals surface area contributed by atoms with E-state index in [1.54, 1.807) is 30.3 Å². The lowest BCUT2D eigenvalue weighted by Crippen LogP contribution is -2.30. The van der Waals surface area contributed by atoms with E-state index in [1.165, 1.54) is 18.3 Å². The third-order valence-electron chi connectivity index (χ3n) is 3.46. The van der Waals surface area contributed by atoms with Crippen molar-refractivity contribution in [3.63, 3.8) is 0 Å². The first-order valence-electron chi connectivity index (χ1n) is 6.49. The van der Waals surface area contributed by atoms with E-state index in [0.717, 1.165) is 0 Å². The lowest BCUT2D eigenvalue weighted by Gasteiger charge is -2.13. The van der Waals surface area contributed by atoms with Crippen molar-refractivity contribution in [2.75, 3.05) is 4.31 Å². The number of carbonyl (C=O) groups excluding carboxylic acids is 1. The van der Waals surface area contributed by atoms with Crippen LogP contribution >= 0.6 is 0 Å². The number of sulfonamides is 1. The fourth-order valence-electron chi connectivity index (χ4n) is 2.46. The molecular formula is C15H9N3O3S. The number of hydrogen-bond acceptors (Lipinski definition) is 5. The van der Waals surface area contributed by atoms with Crippen LogP contribution in [0.15, 0.2) is 59.6 Å². The van der Waals surface area contributed by atoms with Crippen molar-refractivity contribution in [2.24, 2.45) is 0 Å². The highest BCUT2D eigenvalue weighted by atomic mass is 32.2. The van der Waals surface area contributed by atoms with Crippen molar-refractivity contribution in [2.45, 2.75) is 4.90 Å². The standard InChI is InChI=1S/C15H9N3O3S/c19-15-10-5-1-4-8-13(10)22(20,21)18(15)14-9-16-11-6-2-3-7-12(11)17-14/h1-9H. The van der Waals surface area contributed by atoms with E-state index in [2.05, 4.69) is 9.97 Å². The maximum Gasteiger partial charge on any atom is 0.275 e. The summed E-state index contributed by atoms with van der Waals surface area (Å²) in [5.41, 5.74) is 1.31. The summed E-state index contributed by atoms with van der Waals surface area (Å²) in [6, 6.07) is 13.2. The number of rotatable bonds is 1. The summed E-state index contributed by atoms with van der Waals surface area (Å²) in [5, 5.41) is 0. The Morgan fingerprint density at radius 1 is 0.909 bits per heavy atom. The van der Waals surface area contributed by atoms with Crippen LogP contribution in [0.25, 0.3) is 11.0 Å². The molecule has 7 heteroatoms. The molecule has 0 saturated carbocycles. The monoisotopic (exact) mass is 311 g/mol. The molecule has 0 aliphatic carbocycles. The summed E-state index contributed by atoms with van der Waals surface area (Å²) in [7, 11) is -3.94. The summed E-state index contributed by atoms with van der Waals surface area (Å²) in [6.07, 6.45) is 1.30. The number of anilines is 1. The number of nitrogens with zero attached hydrogens (tertiary/aromatic N) is 3. The van der Waals surface area contributed by atoms with Crippen LogP contribution in [0, 0.1) is 0 Å². The number of para-hydroxylation sites is 2. The molecular weight excluding hydrogens is 302 g/mol. The Morgan fingerprint density at radius 2 is 1.59 bits per heavy atom. The van der Waals surface area contributed by atoms with E-state index in [0.29, 0.717) is 15.3 Å². The molecule has 0 atom stereocenters. The van der Waals surface area contributed by atoms with Crippen molar-refractivity contribution >= 4 is 32.8 Å². The minimum absolute atomic E-state index is 0.0000926. The highest BCUT2D eigenvalue weighted by Gasteiger charge is 2.42. The van der Waals surface area contributed by atoms with Crippen LogP contribution in [0.5, 0.6) is 0 Å². The van der Waals surface area contributed by atoms with Crippen molar-refractivity contribution in [1.82, 2.24) is 9.97 Å². The van der Waals surface area contributed by atoms with Gasteiger partial charge in [-0.2, -0.15) is 4.31 Å². The molecule has 1 aliphatic heterocycles. The van der Waals surface area contributed by atoms with Crippen LogP contribution in [-0.2, 0) is 10.0 Å². The molecule has 3 aromatic rings. The van der Waals surface area contributed by atoms with E-state index in [1.807, 2.05) is 6.07 Å². The van der Waals surface area contributed by atoms with Gasteiger partial charge in [0, 0.05) is 0 Å². The third kappa shape index (κ3) is 1.66. The lowest BCUT2D eigenvalue weighted by molar-refractivity contribution is 0.101.